The monoisotopic (exact) mass is 269 g/mol. The molecule has 0 spiro atoms. The molecule has 0 aliphatic rings. The van der Waals surface area contributed by atoms with Gasteiger partial charge in [-0.3, -0.25) is 5.41 Å². The minimum Gasteiger partial charge on any atom is -0.396 e. The van der Waals surface area contributed by atoms with Gasteiger partial charge in [0, 0.05) is 35.5 Å². The normalized spacial score (nSPS) is 10.7. The van der Waals surface area contributed by atoms with Gasteiger partial charge in [-0.25, -0.2) is 0 Å². The highest BCUT2D eigenvalue weighted by atomic mass is 35.5. The molecule has 100 valence electrons. The molecule has 4 nitrogen and oxygen atoms in total. The molecule has 1 aromatic rings. The molecule has 1 aromatic carbocycles. The van der Waals surface area contributed by atoms with Gasteiger partial charge in [0.25, 0.3) is 0 Å². The number of halogens is 1. The Morgan fingerprint density at radius 3 is 2.67 bits per heavy atom. The Morgan fingerprint density at radius 1 is 1.50 bits per heavy atom. The summed E-state index contributed by atoms with van der Waals surface area (Å²) in [5, 5.41) is 17.2. The van der Waals surface area contributed by atoms with Gasteiger partial charge in [-0.2, -0.15) is 0 Å². The van der Waals surface area contributed by atoms with Crippen molar-refractivity contribution in [3.63, 3.8) is 0 Å². The molecular formula is C13H20ClN3O. The Labute approximate surface area is 113 Å². The van der Waals surface area contributed by atoms with E-state index in [4.69, 9.17) is 27.9 Å². The van der Waals surface area contributed by atoms with Crippen molar-refractivity contribution in [3.8, 4) is 0 Å². The molecule has 18 heavy (non-hydrogen) atoms. The predicted molar refractivity (Wildman–Crippen MR) is 76.7 cm³/mol. The molecule has 0 amide bonds. The van der Waals surface area contributed by atoms with Crippen LogP contribution in [0.2, 0.25) is 5.02 Å². The van der Waals surface area contributed by atoms with Gasteiger partial charge in [0.05, 0.1) is 0 Å². The molecule has 4 N–H and O–H groups in total. The third-order valence-corrected chi connectivity index (χ3v) is 2.97. The van der Waals surface area contributed by atoms with Crippen LogP contribution in [0.5, 0.6) is 0 Å². The van der Waals surface area contributed by atoms with Gasteiger partial charge >= 0.3 is 0 Å². The maximum absolute atomic E-state index is 8.96. The van der Waals surface area contributed by atoms with E-state index in [0.29, 0.717) is 23.6 Å². The predicted octanol–water partition coefficient (Wildman–Crippen LogP) is 2.22. The number of hydrogen-bond donors (Lipinski definition) is 3. The Morgan fingerprint density at radius 2 is 2.17 bits per heavy atom. The molecule has 0 aromatic heterocycles. The fourth-order valence-electron chi connectivity index (χ4n) is 1.87. The van der Waals surface area contributed by atoms with Crippen molar-refractivity contribution in [1.82, 2.24) is 0 Å². The number of hydrogen-bond acceptors (Lipinski definition) is 3. The highest BCUT2D eigenvalue weighted by Gasteiger charge is 2.16. The van der Waals surface area contributed by atoms with E-state index >= 15 is 0 Å². The summed E-state index contributed by atoms with van der Waals surface area (Å²) in [7, 11) is 0. The van der Waals surface area contributed by atoms with Crippen molar-refractivity contribution in [2.45, 2.75) is 26.3 Å². The highest BCUT2D eigenvalue weighted by molar-refractivity contribution is 6.31. The highest BCUT2D eigenvalue weighted by Crippen LogP contribution is 2.26. The van der Waals surface area contributed by atoms with E-state index in [1.807, 2.05) is 6.07 Å². The molecule has 0 fully saturated rings. The van der Waals surface area contributed by atoms with E-state index in [0.717, 1.165) is 5.69 Å². The van der Waals surface area contributed by atoms with Crippen LogP contribution in [0.4, 0.5) is 5.69 Å². The minimum atomic E-state index is 0.0244. The van der Waals surface area contributed by atoms with E-state index in [2.05, 4.69) is 18.7 Å². The summed E-state index contributed by atoms with van der Waals surface area (Å²) in [6, 6.07) is 5.55. The standard InChI is InChI=1S/C13H20ClN3O/c1-9(2)17(6-3-7-18)12-8-10(14)4-5-11(12)13(15)16/h4-5,8-9,18H,3,6-7H2,1-2H3,(H3,15,16). The molecule has 5 heteroatoms. The number of nitrogens with zero attached hydrogens (tertiary/aromatic N) is 1. The Hall–Kier alpha value is -1.26. The number of nitrogens with one attached hydrogen (secondary N) is 1. The van der Waals surface area contributed by atoms with Crippen molar-refractivity contribution >= 4 is 23.1 Å². The molecule has 0 saturated carbocycles. The van der Waals surface area contributed by atoms with Crippen LogP contribution in [0.3, 0.4) is 0 Å². The first kappa shape index (κ1) is 14.8. The summed E-state index contributed by atoms with van der Waals surface area (Å²) in [5.74, 6) is 0.0244. The van der Waals surface area contributed by atoms with Crippen molar-refractivity contribution in [3.05, 3.63) is 28.8 Å². The van der Waals surface area contributed by atoms with E-state index in [-0.39, 0.29) is 18.5 Å². The largest absolute Gasteiger partial charge is 0.396 e. The lowest BCUT2D eigenvalue weighted by atomic mass is 10.1. The van der Waals surface area contributed by atoms with Crippen LogP contribution in [0.25, 0.3) is 0 Å². The molecule has 0 aliphatic carbocycles. The smallest absolute Gasteiger partial charge is 0.124 e. The first-order valence-electron chi connectivity index (χ1n) is 5.98. The van der Waals surface area contributed by atoms with Gasteiger partial charge in [-0.15, -0.1) is 0 Å². The van der Waals surface area contributed by atoms with Crippen molar-refractivity contribution in [2.24, 2.45) is 5.73 Å². The number of amidine groups is 1. The number of aliphatic hydroxyl groups excluding tert-OH is 1. The van der Waals surface area contributed by atoms with Gasteiger partial charge in [0.1, 0.15) is 5.84 Å². The van der Waals surface area contributed by atoms with Crippen LogP contribution in [0.15, 0.2) is 18.2 Å². The SMILES string of the molecule is CC(C)N(CCCO)c1cc(Cl)ccc1C(=N)N. The molecular weight excluding hydrogens is 250 g/mol. The van der Waals surface area contributed by atoms with Gasteiger partial charge in [0.2, 0.25) is 0 Å². The summed E-state index contributed by atoms with van der Waals surface area (Å²) < 4.78 is 0. The third kappa shape index (κ3) is 3.62. The second-order valence-electron chi connectivity index (χ2n) is 4.44. The lowest BCUT2D eigenvalue weighted by Crippen LogP contribution is -2.34. The van der Waals surface area contributed by atoms with E-state index < -0.39 is 0 Å². The fourth-order valence-corrected chi connectivity index (χ4v) is 2.03. The second-order valence-corrected chi connectivity index (χ2v) is 4.88. The minimum absolute atomic E-state index is 0.0244. The summed E-state index contributed by atoms with van der Waals surface area (Å²) in [5.41, 5.74) is 7.11. The van der Waals surface area contributed by atoms with Crippen LogP contribution in [0.1, 0.15) is 25.8 Å². The molecule has 0 saturated heterocycles. The number of nitrogen functional groups attached to an aromatic ring is 1. The van der Waals surface area contributed by atoms with Crippen LogP contribution in [-0.2, 0) is 0 Å². The van der Waals surface area contributed by atoms with Crippen molar-refractivity contribution in [1.29, 1.82) is 5.41 Å². The topological polar surface area (TPSA) is 73.3 Å². The van der Waals surface area contributed by atoms with Gasteiger partial charge < -0.3 is 15.7 Å². The van der Waals surface area contributed by atoms with Crippen molar-refractivity contribution in [2.75, 3.05) is 18.1 Å². The van der Waals surface area contributed by atoms with Gasteiger partial charge in [-0.05, 0) is 38.5 Å². The van der Waals surface area contributed by atoms with Crippen LogP contribution >= 0.6 is 11.6 Å². The molecule has 0 aliphatic heterocycles. The van der Waals surface area contributed by atoms with Crippen LogP contribution in [0, 0.1) is 5.41 Å². The Bertz CT molecular complexity index is 421. The first-order valence-corrected chi connectivity index (χ1v) is 6.36. The Kier molecular flexibility index (Phi) is 5.44. The van der Waals surface area contributed by atoms with Gasteiger partial charge in [-0.1, -0.05) is 11.6 Å². The molecule has 0 unspecified atom stereocenters. The summed E-state index contributed by atoms with van der Waals surface area (Å²) in [6.07, 6.45) is 0.669. The molecule has 0 bridgehead atoms. The van der Waals surface area contributed by atoms with E-state index in [1.165, 1.54) is 0 Å². The zero-order chi connectivity index (χ0) is 13.7. The number of anilines is 1. The van der Waals surface area contributed by atoms with E-state index in [1.54, 1.807) is 12.1 Å². The van der Waals surface area contributed by atoms with E-state index in [9.17, 15) is 0 Å². The lowest BCUT2D eigenvalue weighted by molar-refractivity contribution is 0.288. The average Bonchev–Trinajstić information content (AvgIpc) is 2.28. The van der Waals surface area contributed by atoms with Crippen molar-refractivity contribution < 1.29 is 5.11 Å². The first-order chi connectivity index (χ1) is 8.47. The lowest BCUT2D eigenvalue weighted by Gasteiger charge is -2.30. The Balaban J connectivity index is 3.16. The average molecular weight is 270 g/mol. The summed E-state index contributed by atoms with van der Waals surface area (Å²) in [4.78, 5) is 2.10. The maximum atomic E-state index is 8.96. The zero-order valence-electron chi connectivity index (χ0n) is 10.8. The molecule has 1 rings (SSSR count). The summed E-state index contributed by atoms with van der Waals surface area (Å²) in [6.45, 7) is 4.96. The van der Waals surface area contributed by atoms with Crippen LogP contribution < -0.4 is 10.6 Å². The van der Waals surface area contributed by atoms with Gasteiger partial charge in [0.15, 0.2) is 0 Å². The number of benzene rings is 1. The second kappa shape index (κ2) is 6.61. The third-order valence-electron chi connectivity index (χ3n) is 2.74. The number of rotatable bonds is 6. The molecule has 0 atom stereocenters. The molecule has 0 radical (unpaired) electrons. The summed E-state index contributed by atoms with van der Waals surface area (Å²) >= 11 is 6.02. The maximum Gasteiger partial charge on any atom is 0.124 e. The van der Waals surface area contributed by atoms with Crippen LogP contribution in [-0.4, -0.2) is 30.1 Å². The zero-order valence-corrected chi connectivity index (χ0v) is 11.5. The fraction of sp³-hybridized carbons (Fsp3) is 0.462. The quantitative estimate of drug-likeness (QED) is 0.548. The number of aliphatic hydroxyl groups is 1. The molecule has 0 heterocycles. The number of nitrogens with two attached hydrogens (primary N) is 1.